The highest BCUT2D eigenvalue weighted by Crippen LogP contribution is 2.24. The van der Waals surface area contributed by atoms with Crippen LogP contribution in [0.4, 0.5) is 5.69 Å². The molecule has 1 heterocycles. The summed E-state index contributed by atoms with van der Waals surface area (Å²) in [4.78, 5) is 28.4. The van der Waals surface area contributed by atoms with Crippen LogP contribution < -0.4 is 5.32 Å². The lowest BCUT2D eigenvalue weighted by molar-refractivity contribution is -0.131. The summed E-state index contributed by atoms with van der Waals surface area (Å²) in [5.41, 5.74) is 2.63. The fraction of sp³-hybridized carbons (Fsp3) is 0.391. The molecule has 0 spiro atoms. The van der Waals surface area contributed by atoms with Crippen LogP contribution in [0.2, 0.25) is 0 Å². The third-order valence-corrected chi connectivity index (χ3v) is 5.33. The number of carbonyl (C=O) groups excluding carboxylic acids is 2. The van der Waals surface area contributed by atoms with Gasteiger partial charge in [0.1, 0.15) is 0 Å². The fourth-order valence-corrected chi connectivity index (χ4v) is 3.78. The highest BCUT2D eigenvalue weighted by atomic mass is 16.3. The van der Waals surface area contributed by atoms with E-state index in [9.17, 15) is 14.7 Å². The Morgan fingerprint density at radius 1 is 1.21 bits per heavy atom. The number of aliphatic hydroxyl groups excluding tert-OH is 1. The van der Waals surface area contributed by atoms with Gasteiger partial charge in [0.2, 0.25) is 11.8 Å². The van der Waals surface area contributed by atoms with Crippen molar-refractivity contribution < 1.29 is 14.7 Å². The van der Waals surface area contributed by atoms with Crippen molar-refractivity contribution in [2.75, 3.05) is 32.0 Å². The molecule has 0 bridgehead atoms. The maximum Gasteiger partial charge on any atom is 0.227 e. The highest BCUT2D eigenvalue weighted by Gasteiger charge is 2.28. The van der Waals surface area contributed by atoms with Crippen molar-refractivity contribution >= 4 is 17.5 Å². The van der Waals surface area contributed by atoms with Gasteiger partial charge in [-0.2, -0.15) is 0 Å². The van der Waals surface area contributed by atoms with Gasteiger partial charge in [-0.05, 0) is 29.7 Å². The molecule has 1 saturated heterocycles. The van der Waals surface area contributed by atoms with Crippen molar-refractivity contribution in [3.63, 3.8) is 0 Å². The summed E-state index contributed by atoms with van der Waals surface area (Å²) < 4.78 is 0. The van der Waals surface area contributed by atoms with Crippen molar-refractivity contribution in [3.8, 4) is 0 Å². The summed E-state index contributed by atoms with van der Waals surface area (Å²) in [6.45, 7) is 3.63. The molecule has 6 heteroatoms. The normalized spacial score (nSPS) is 17.7. The van der Waals surface area contributed by atoms with Crippen LogP contribution >= 0.6 is 0 Å². The van der Waals surface area contributed by atoms with E-state index >= 15 is 0 Å². The molecule has 1 aliphatic rings. The third-order valence-electron chi connectivity index (χ3n) is 5.33. The summed E-state index contributed by atoms with van der Waals surface area (Å²) in [6.07, 6.45) is 0.745. The van der Waals surface area contributed by atoms with E-state index in [2.05, 4.69) is 10.2 Å². The number of likely N-dealkylation sites (tertiary alicyclic amines) is 1. The van der Waals surface area contributed by atoms with Crippen LogP contribution in [0.1, 0.15) is 30.5 Å². The van der Waals surface area contributed by atoms with Crippen LogP contribution in [-0.2, 0) is 16.0 Å². The Morgan fingerprint density at radius 3 is 2.62 bits per heavy atom. The quantitative estimate of drug-likeness (QED) is 0.755. The van der Waals surface area contributed by atoms with Crippen molar-refractivity contribution in [1.29, 1.82) is 0 Å². The Kier molecular flexibility index (Phi) is 7.01. The van der Waals surface area contributed by atoms with E-state index in [0.717, 1.165) is 24.1 Å². The zero-order valence-corrected chi connectivity index (χ0v) is 17.0. The Hall–Kier alpha value is -2.70. The lowest BCUT2D eigenvalue weighted by Crippen LogP contribution is -2.39. The molecule has 3 rings (SSSR count). The van der Waals surface area contributed by atoms with Gasteiger partial charge >= 0.3 is 0 Å². The minimum atomic E-state index is -0.288. The lowest BCUT2D eigenvalue weighted by atomic mass is 10.0. The number of hydrogen-bond donors (Lipinski definition) is 2. The number of likely N-dealkylation sites (N-methyl/N-ethyl adjacent to an activating group) is 1. The predicted octanol–water partition coefficient (Wildman–Crippen LogP) is 2.45. The average molecular weight is 396 g/mol. The van der Waals surface area contributed by atoms with Crippen LogP contribution in [0.3, 0.4) is 0 Å². The van der Waals surface area contributed by atoms with Gasteiger partial charge in [-0.1, -0.05) is 42.5 Å². The number of benzene rings is 2. The number of hydrogen-bond acceptors (Lipinski definition) is 4. The largest absolute Gasteiger partial charge is 0.392 e. The molecule has 2 aromatic carbocycles. The molecular formula is C23H29N3O3. The zero-order chi connectivity index (χ0) is 20.8. The molecule has 0 aromatic heterocycles. The van der Waals surface area contributed by atoms with Crippen LogP contribution in [0, 0.1) is 0 Å². The molecule has 154 valence electrons. The molecule has 29 heavy (non-hydrogen) atoms. The first-order chi connectivity index (χ1) is 13.9. The van der Waals surface area contributed by atoms with Gasteiger partial charge in [0.25, 0.3) is 0 Å². The Bertz CT molecular complexity index is 840. The number of carbonyl (C=O) groups is 2. The molecule has 0 radical (unpaired) electrons. The number of aliphatic hydroxyl groups is 1. The summed E-state index contributed by atoms with van der Waals surface area (Å²) in [6, 6.07) is 17.3. The predicted molar refractivity (Wildman–Crippen MR) is 113 cm³/mol. The van der Waals surface area contributed by atoms with E-state index in [1.807, 2.05) is 61.6 Å². The Balaban J connectivity index is 1.73. The summed E-state index contributed by atoms with van der Waals surface area (Å²) in [5, 5.41) is 12.6. The summed E-state index contributed by atoms with van der Waals surface area (Å²) >= 11 is 0. The smallest absolute Gasteiger partial charge is 0.227 e. The molecule has 1 aliphatic heterocycles. The maximum atomic E-state index is 13.1. The van der Waals surface area contributed by atoms with Gasteiger partial charge in [0.05, 0.1) is 18.6 Å². The van der Waals surface area contributed by atoms with Crippen molar-refractivity contribution in [1.82, 2.24) is 9.80 Å². The molecule has 6 nitrogen and oxygen atoms in total. The molecule has 2 unspecified atom stereocenters. The summed E-state index contributed by atoms with van der Waals surface area (Å²) in [7, 11) is 1.84. The third kappa shape index (κ3) is 5.89. The first-order valence-corrected chi connectivity index (χ1v) is 10.00. The monoisotopic (exact) mass is 395 g/mol. The second-order valence-electron chi connectivity index (χ2n) is 7.69. The second kappa shape index (κ2) is 9.67. The zero-order valence-electron chi connectivity index (χ0n) is 17.0. The molecule has 0 aliphatic carbocycles. The molecule has 1 fully saturated rings. The van der Waals surface area contributed by atoms with Crippen LogP contribution in [0.15, 0.2) is 54.6 Å². The Labute approximate surface area is 172 Å². The highest BCUT2D eigenvalue weighted by molar-refractivity contribution is 5.89. The molecule has 2 aromatic rings. The molecule has 2 N–H and O–H groups in total. The average Bonchev–Trinajstić information content (AvgIpc) is 3.11. The minimum absolute atomic E-state index is 0.0126. The second-order valence-corrected chi connectivity index (χ2v) is 7.69. The number of nitrogens with one attached hydrogen (secondary N) is 1. The van der Waals surface area contributed by atoms with E-state index in [0.29, 0.717) is 18.8 Å². The first-order valence-electron chi connectivity index (χ1n) is 10.00. The van der Waals surface area contributed by atoms with Crippen molar-refractivity contribution in [2.45, 2.75) is 31.9 Å². The topological polar surface area (TPSA) is 72.9 Å². The van der Waals surface area contributed by atoms with Gasteiger partial charge in [-0.3, -0.25) is 14.5 Å². The van der Waals surface area contributed by atoms with Crippen LogP contribution in [0.25, 0.3) is 0 Å². The Morgan fingerprint density at radius 2 is 1.97 bits per heavy atom. The van der Waals surface area contributed by atoms with Gasteiger partial charge in [-0.25, -0.2) is 0 Å². The van der Waals surface area contributed by atoms with Gasteiger partial charge < -0.3 is 15.3 Å². The van der Waals surface area contributed by atoms with Crippen molar-refractivity contribution in [2.24, 2.45) is 0 Å². The van der Waals surface area contributed by atoms with E-state index in [4.69, 9.17) is 0 Å². The first kappa shape index (κ1) is 21.0. The molecular weight excluding hydrogens is 366 g/mol. The van der Waals surface area contributed by atoms with Gasteiger partial charge in [0.15, 0.2) is 0 Å². The van der Waals surface area contributed by atoms with Crippen LogP contribution in [0.5, 0.6) is 0 Å². The van der Waals surface area contributed by atoms with Crippen LogP contribution in [-0.4, -0.2) is 59.5 Å². The summed E-state index contributed by atoms with van der Waals surface area (Å²) in [5.74, 6) is -0.124. The minimum Gasteiger partial charge on any atom is -0.392 e. The number of nitrogens with zero attached hydrogens (tertiary/aromatic N) is 2. The van der Waals surface area contributed by atoms with E-state index in [1.165, 1.54) is 6.92 Å². The molecule has 2 amide bonds. The molecule has 0 saturated carbocycles. The number of β-amino-alcohol motifs (C(OH)–C–C–N with tert-alkyl or cyclic N) is 1. The number of anilines is 1. The van der Waals surface area contributed by atoms with Gasteiger partial charge in [0, 0.05) is 39.3 Å². The molecule has 2 atom stereocenters. The van der Waals surface area contributed by atoms with Crippen molar-refractivity contribution in [3.05, 3.63) is 65.7 Å². The SMILES string of the molecule is CC(=O)Nc1cccc(CC(=O)N(C)C(CN2CCC(O)C2)c2ccccc2)c1. The van der Waals surface area contributed by atoms with Gasteiger partial charge in [-0.15, -0.1) is 0 Å². The maximum absolute atomic E-state index is 13.1. The van der Waals surface area contributed by atoms with E-state index in [-0.39, 0.29) is 30.4 Å². The lowest BCUT2D eigenvalue weighted by Gasteiger charge is -2.32. The standard InChI is InChI=1S/C23H29N3O3/c1-17(27)24-20-10-6-7-18(13-20)14-23(29)25(2)22(19-8-4-3-5-9-19)16-26-12-11-21(28)15-26/h3-10,13,21-22,28H,11-12,14-16H2,1-2H3,(H,24,27). The fourth-order valence-electron chi connectivity index (χ4n) is 3.78. The number of rotatable bonds is 7. The van der Waals surface area contributed by atoms with E-state index < -0.39 is 0 Å². The van der Waals surface area contributed by atoms with E-state index in [1.54, 1.807) is 4.90 Å². The number of amides is 2.